The third-order valence-corrected chi connectivity index (χ3v) is 6.00. The number of morpholine rings is 1. The Morgan fingerprint density at radius 3 is 2.57 bits per heavy atom. The Hall–Kier alpha value is -4.28. The maximum atomic E-state index is 9.70. The highest BCUT2D eigenvalue weighted by Gasteiger charge is 2.12. The minimum atomic E-state index is 0.552. The lowest BCUT2D eigenvalue weighted by molar-refractivity contribution is 0.122. The van der Waals surface area contributed by atoms with Crippen LogP contribution in [0.2, 0.25) is 0 Å². The number of hydrogen-bond donors (Lipinski definition) is 1. The first-order valence-electron chi connectivity index (χ1n) is 11.7. The number of aromatic nitrogens is 3. The predicted molar refractivity (Wildman–Crippen MR) is 136 cm³/mol. The average molecular weight is 463 g/mol. The highest BCUT2D eigenvalue weighted by Crippen LogP contribution is 2.25. The van der Waals surface area contributed by atoms with Gasteiger partial charge in [-0.15, -0.1) is 0 Å². The number of anilines is 2. The van der Waals surface area contributed by atoms with Crippen molar-refractivity contribution in [2.24, 2.45) is 0 Å². The molecule has 7 heteroatoms. The van der Waals surface area contributed by atoms with E-state index in [0.29, 0.717) is 18.5 Å². The van der Waals surface area contributed by atoms with E-state index in [4.69, 9.17) is 9.72 Å². The Labute approximate surface area is 205 Å². The molecule has 0 atom stereocenters. The molecule has 2 aromatic heterocycles. The fourth-order valence-corrected chi connectivity index (χ4v) is 4.11. The molecule has 35 heavy (non-hydrogen) atoms. The van der Waals surface area contributed by atoms with Crippen LogP contribution in [0.4, 0.5) is 11.4 Å². The van der Waals surface area contributed by atoms with Gasteiger partial charge in [-0.1, -0.05) is 24.3 Å². The molecule has 0 radical (unpaired) electrons. The first-order valence-corrected chi connectivity index (χ1v) is 11.7. The van der Waals surface area contributed by atoms with E-state index in [9.17, 15) is 5.26 Å². The molecule has 1 aliphatic rings. The molecule has 0 bridgehead atoms. The van der Waals surface area contributed by atoms with Crippen molar-refractivity contribution in [2.45, 2.75) is 13.0 Å². The summed E-state index contributed by atoms with van der Waals surface area (Å²) >= 11 is 0. The maximum Gasteiger partial charge on any atom is 0.133 e. The largest absolute Gasteiger partial charge is 0.378 e. The van der Waals surface area contributed by atoms with Crippen molar-refractivity contribution in [3.8, 4) is 17.3 Å². The minimum Gasteiger partial charge on any atom is -0.378 e. The summed E-state index contributed by atoms with van der Waals surface area (Å²) < 4.78 is 5.44. The molecule has 0 unspecified atom stereocenters. The first kappa shape index (κ1) is 22.5. The van der Waals surface area contributed by atoms with Crippen LogP contribution < -0.4 is 10.2 Å². The van der Waals surface area contributed by atoms with E-state index in [0.717, 1.165) is 60.3 Å². The van der Waals surface area contributed by atoms with E-state index in [-0.39, 0.29) is 0 Å². The van der Waals surface area contributed by atoms with Crippen LogP contribution in [0.1, 0.15) is 22.6 Å². The van der Waals surface area contributed by atoms with Gasteiger partial charge < -0.3 is 15.0 Å². The molecule has 3 heterocycles. The van der Waals surface area contributed by atoms with Gasteiger partial charge in [-0.2, -0.15) is 5.26 Å². The van der Waals surface area contributed by atoms with Crippen LogP contribution in [-0.2, 0) is 17.7 Å². The van der Waals surface area contributed by atoms with Gasteiger partial charge in [0.25, 0.3) is 0 Å². The number of ether oxygens (including phenoxy) is 1. The van der Waals surface area contributed by atoms with Crippen LogP contribution in [0.25, 0.3) is 11.3 Å². The van der Waals surface area contributed by atoms with Crippen LogP contribution in [0.3, 0.4) is 0 Å². The van der Waals surface area contributed by atoms with E-state index in [2.05, 4.69) is 50.5 Å². The number of rotatable bonds is 7. The quantitative estimate of drug-likeness (QED) is 0.434. The van der Waals surface area contributed by atoms with Crippen molar-refractivity contribution in [2.75, 3.05) is 36.5 Å². The summed E-state index contributed by atoms with van der Waals surface area (Å²) in [4.78, 5) is 15.9. The van der Waals surface area contributed by atoms with Crippen molar-refractivity contribution in [3.63, 3.8) is 0 Å². The monoisotopic (exact) mass is 462 g/mol. The molecule has 0 saturated carbocycles. The molecular weight excluding hydrogens is 436 g/mol. The zero-order chi connectivity index (χ0) is 23.9. The maximum absolute atomic E-state index is 9.70. The molecule has 0 amide bonds. The Morgan fingerprint density at radius 2 is 1.80 bits per heavy atom. The normalized spacial score (nSPS) is 13.3. The molecule has 174 valence electrons. The van der Waals surface area contributed by atoms with Gasteiger partial charge in [0.2, 0.25) is 0 Å². The van der Waals surface area contributed by atoms with Crippen molar-refractivity contribution in [1.29, 1.82) is 5.26 Å². The number of nitrogens with zero attached hydrogens (tertiary/aromatic N) is 5. The lowest BCUT2D eigenvalue weighted by atomic mass is 10.1. The molecule has 0 aliphatic carbocycles. The standard InChI is InChI=1S/C28H26N6O/c29-19-23-18-22(6-9-26(23)32-20-24-3-1-2-11-30-24)27-10-12-31-28(33-27)17-21-4-7-25(8-5-21)34-13-15-35-16-14-34/h1-12,18,32H,13-17,20H2. The van der Waals surface area contributed by atoms with Gasteiger partial charge in [-0.05, 0) is 48.0 Å². The smallest absolute Gasteiger partial charge is 0.133 e. The molecule has 5 rings (SSSR count). The Balaban J connectivity index is 1.28. The summed E-state index contributed by atoms with van der Waals surface area (Å²) in [6, 6.07) is 24.3. The SMILES string of the molecule is N#Cc1cc(-c2ccnc(Cc3ccc(N4CCOCC4)cc3)n2)ccc1NCc1ccccn1. The molecule has 2 aromatic carbocycles. The van der Waals surface area contributed by atoms with Crippen molar-refractivity contribution < 1.29 is 4.74 Å². The van der Waals surface area contributed by atoms with Crippen LogP contribution >= 0.6 is 0 Å². The van der Waals surface area contributed by atoms with Crippen LogP contribution in [0.15, 0.2) is 79.1 Å². The Morgan fingerprint density at radius 1 is 0.943 bits per heavy atom. The summed E-state index contributed by atoms with van der Waals surface area (Å²) in [5.41, 5.74) is 6.31. The second-order valence-corrected chi connectivity index (χ2v) is 8.35. The van der Waals surface area contributed by atoms with E-state index < -0.39 is 0 Å². The highest BCUT2D eigenvalue weighted by atomic mass is 16.5. The molecule has 4 aromatic rings. The van der Waals surface area contributed by atoms with Crippen LogP contribution in [-0.4, -0.2) is 41.3 Å². The van der Waals surface area contributed by atoms with E-state index in [1.165, 1.54) is 5.69 Å². The van der Waals surface area contributed by atoms with Gasteiger partial charge in [-0.25, -0.2) is 9.97 Å². The number of nitrogens with one attached hydrogen (secondary N) is 1. The van der Waals surface area contributed by atoms with Gasteiger partial charge in [0.1, 0.15) is 11.9 Å². The Bertz CT molecular complexity index is 1310. The first-order chi connectivity index (χ1) is 17.3. The topological polar surface area (TPSA) is 87.0 Å². The summed E-state index contributed by atoms with van der Waals surface area (Å²) in [5.74, 6) is 0.748. The van der Waals surface area contributed by atoms with Gasteiger partial charge in [0, 0.05) is 43.2 Å². The van der Waals surface area contributed by atoms with Gasteiger partial charge >= 0.3 is 0 Å². The van der Waals surface area contributed by atoms with Crippen LogP contribution in [0, 0.1) is 11.3 Å². The van der Waals surface area contributed by atoms with Crippen molar-refractivity contribution in [3.05, 3.63) is 102 Å². The summed E-state index contributed by atoms with van der Waals surface area (Å²) in [6.07, 6.45) is 4.18. The number of pyridine rings is 1. The number of nitriles is 1. The van der Waals surface area contributed by atoms with Gasteiger partial charge in [-0.3, -0.25) is 4.98 Å². The van der Waals surface area contributed by atoms with Crippen molar-refractivity contribution in [1.82, 2.24) is 15.0 Å². The molecule has 1 N–H and O–H groups in total. The van der Waals surface area contributed by atoms with Gasteiger partial charge in [0.05, 0.1) is 42.4 Å². The Kier molecular flexibility index (Phi) is 6.92. The predicted octanol–water partition coefficient (Wildman–Crippen LogP) is 4.45. The average Bonchev–Trinajstić information content (AvgIpc) is 2.93. The molecular formula is C28H26N6O. The molecule has 0 spiro atoms. The minimum absolute atomic E-state index is 0.552. The van der Waals surface area contributed by atoms with Crippen molar-refractivity contribution >= 4 is 11.4 Å². The lowest BCUT2D eigenvalue weighted by Gasteiger charge is -2.28. The summed E-state index contributed by atoms with van der Waals surface area (Å²) in [6.45, 7) is 3.95. The van der Waals surface area contributed by atoms with E-state index in [1.807, 2.05) is 42.5 Å². The molecule has 1 saturated heterocycles. The lowest BCUT2D eigenvalue weighted by Crippen LogP contribution is -2.36. The zero-order valence-corrected chi connectivity index (χ0v) is 19.4. The summed E-state index contributed by atoms with van der Waals surface area (Å²) in [7, 11) is 0. The number of hydrogen-bond acceptors (Lipinski definition) is 7. The molecule has 7 nitrogen and oxygen atoms in total. The third kappa shape index (κ3) is 5.62. The molecule has 1 fully saturated rings. The second-order valence-electron chi connectivity index (χ2n) is 8.35. The zero-order valence-electron chi connectivity index (χ0n) is 19.4. The van der Waals surface area contributed by atoms with E-state index >= 15 is 0 Å². The van der Waals surface area contributed by atoms with E-state index in [1.54, 1.807) is 12.4 Å². The second kappa shape index (κ2) is 10.8. The number of benzene rings is 2. The third-order valence-electron chi connectivity index (χ3n) is 6.00. The highest BCUT2D eigenvalue weighted by molar-refractivity contribution is 5.68. The van der Waals surface area contributed by atoms with Gasteiger partial charge in [0.15, 0.2) is 0 Å². The fourth-order valence-electron chi connectivity index (χ4n) is 4.11. The van der Waals surface area contributed by atoms with Crippen LogP contribution in [0.5, 0.6) is 0 Å². The molecule has 1 aliphatic heterocycles. The summed E-state index contributed by atoms with van der Waals surface area (Å²) in [5, 5.41) is 13.0. The fraction of sp³-hybridized carbons (Fsp3) is 0.214.